The van der Waals surface area contributed by atoms with Gasteiger partial charge in [0.1, 0.15) is 11.2 Å². The molecule has 3 aliphatic heterocycles. The smallest absolute Gasteiger partial charge is 0.410 e. The number of carbonyl (C=O) groups is 4. The Morgan fingerprint density at radius 1 is 0.604 bits per heavy atom. The zero-order valence-corrected chi connectivity index (χ0v) is 59.2. The molecule has 91 heavy (non-hydrogen) atoms. The second-order valence-electron chi connectivity index (χ2n) is 27.6. The standard InChI is InChI=1S/C41H59N7O4.C30H43BrN4O4/c1-11-47(34-19-28(4)48(29(5)20-34)40(51)52-41(7,8)9)37-22-32(31-12-13-33(42-23-31)25-46-16-14-45(10)15-17-46)21-35(30(37)6)38(49)43-24-36-26(2)18-27(3)44-39(36)50;1-10-34(23-12-19(4)35(20(5)13-23)29(38)39-30(7,8)9)26-15-22(31)14-24(21(26)6)27(36)32-16-25-17(2)11-18(3)33-28(25)37/h12-13,18,21-23,28-29,34H,11,14-17,19-20,24-25H2,1-10H3,(H,43,49)(H,44,50);11,14-15,19-20,23H,10,12-13,16H2,1-9H3,(H,32,36)(H,33,37)/t28-,29-;19-,20-/m11/s1. The number of nitrogens with zero attached hydrogens (tertiary/aromatic N) is 7. The molecule has 3 aromatic heterocycles. The van der Waals surface area contributed by atoms with Crippen molar-refractivity contribution >= 4 is 51.3 Å². The average molecular weight is 1320 g/mol. The highest BCUT2D eigenvalue weighted by atomic mass is 79.9. The van der Waals surface area contributed by atoms with Gasteiger partial charge in [-0.1, -0.05) is 22.0 Å². The number of piperazine rings is 1. The molecular weight excluding hydrogens is 1210 g/mol. The lowest BCUT2D eigenvalue weighted by atomic mass is 9.90. The van der Waals surface area contributed by atoms with Gasteiger partial charge in [-0.3, -0.25) is 29.1 Å². The van der Waals surface area contributed by atoms with E-state index in [4.69, 9.17) is 14.5 Å². The monoisotopic (exact) mass is 1320 g/mol. The van der Waals surface area contributed by atoms with Crippen LogP contribution in [0.15, 0.2) is 68.8 Å². The number of pyridine rings is 3. The molecule has 0 spiro atoms. The number of aryl methyl sites for hydroxylation is 4. The summed E-state index contributed by atoms with van der Waals surface area (Å²) in [7, 11) is 2.16. The Kier molecular flexibility index (Phi) is 23.7. The van der Waals surface area contributed by atoms with Crippen molar-refractivity contribution in [2.75, 3.05) is 56.1 Å². The van der Waals surface area contributed by atoms with E-state index in [2.05, 4.69) is 129 Å². The van der Waals surface area contributed by atoms with Crippen LogP contribution in [0, 0.1) is 41.5 Å². The third-order valence-electron chi connectivity index (χ3n) is 17.9. The maximum atomic E-state index is 14.1. The third kappa shape index (κ3) is 18.2. The number of ether oxygens (including phenoxy) is 2. The fourth-order valence-corrected chi connectivity index (χ4v) is 13.9. The van der Waals surface area contributed by atoms with Gasteiger partial charge in [-0.15, -0.1) is 0 Å². The summed E-state index contributed by atoms with van der Waals surface area (Å²) in [5.74, 6) is -0.468. The van der Waals surface area contributed by atoms with E-state index in [1.165, 1.54) is 0 Å². The minimum absolute atomic E-state index is 0.00807. The van der Waals surface area contributed by atoms with Gasteiger partial charge in [-0.25, -0.2) is 9.59 Å². The van der Waals surface area contributed by atoms with E-state index < -0.39 is 11.2 Å². The summed E-state index contributed by atoms with van der Waals surface area (Å²) in [4.78, 5) is 102. The molecule has 5 aromatic rings. The largest absolute Gasteiger partial charge is 0.444 e. The molecule has 0 bridgehead atoms. The molecule has 4 N–H and O–H groups in total. The molecule has 20 heteroatoms. The summed E-state index contributed by atoms with van der Waals surface area (Å²) in [6, 6.07) is 16.3. The number of aromatic nitrogens is 3. The van der Waals surface area contributed by atoms with Crippen LogP contribution in [0.5, 0.6) is 0 Å². The van der Waals surface area contributed by atoms with Crippen LogP contribution in [0.3, 0.4) is 0 Å². The van der Waals surface area contributed by atoms with Crippen LogP contribution in [0.4, 0.5) is 21.0 Å². The molecule has 0 unspecified atom stereocenters. The molecule has 4 amide bonds. The van der Waals surface area contributed by atoms with Crippen molar-refractivity contribution in [2.24, 2.45) is 0 Å². The summed E-state index contributed by atoms with van der Waals surface area (Å²) in [5, 5.41) is 5.99. The van der Waals surface area contributed by atoms with Crippen molar-refractivity contribution in [1.29, 1.82) is 0 Å². The predicted octanol–water partition coefficient (Wildman–Crippen LogP) is 12.0. The maximum Gasteiger partial charge on any atom is 0.410 e. The number of halogens is 1. The van der Waals surface area contributed by atoms with Gasteiger partial charge < -0.3 is 54.6 Å². The Morgan fingerprint density at radius 3 is 1.41 bits per heavy atom. The van der Waals surface area contributed by atoms with Crippen molar-refractivity contribution in [2.45, 2.75) is 217 Å². The van der Waals surface area contributed by atoms with E-state index in [0.29, 0.717) is 22.3 Å². The summed E-state index contributed by atoms with van der Waals surface area (Å²) in [6.45, 7) is 42.0. The molecule has 0 radical (unpaired) electrons. The average Bonchev–Trinajstić information content (AvgIpc) is 0.939. The summed E-state index contributed by atoms with van der Waals surface area (Å²) in [5.41, 5.74) is 10.6. The lowest BCUT2D eigenvalue weighted by Crippen LogP contribution is -2.56. The number of piperidine rings is 2. The summed E-state index contributed by atoms with van der Waals surface area (Å²) in [6.07, 6.45) is 4.47. The van der Waals surface area contributed by atoms with Crippen LogP contribution >= 0.6 is 15.9 Å². The number of amides is 4. The van der Waals surface area contributed by atoms with Gasteiger partial charge in [-0.05, 0) is 228 Å². The molecule has 3 aliphatic rings. The molecule has 3 fully saturated rings. The van der Waals surface area contributed by atoms with E-state index in [1.807, 2.05) is 123 Å². The molecule has 8 rings (SSSR count). The second kappa shape index (κ2) is 30.2. The lowest BCUT2D eigenvalue weighted by molar-refractivity contribution is -0.00367. The number of aromatic amines is 2. The molecule has 0 aliphatic carbocycles. The Balaban J connectivity index is 0.000000270. The molecular formula is C71H102BrN11O8. The Hall–Kier alpha value is -7.03. The molecule has 496 valence electrons. The number of likely N-dealkylation sites (N-methyl/N-ethyl adjacent to an activating group) is 1. The number of likely N-dealkylation sites (tertiary alicyclic amines) is 2. The normalized spacial score (nSPS) is 19.9. The molecule has 0 saturated carbocycles. The topological polar surface area (TPSA) is 209 Å². The third-order valence-corrected chi connectivity index (χ3v) is 18.4. The predicted molar refractivity (Wildman–Crippen MR) is 368 cm³/mol. The second-order valence-corrected chi connectivity index (χ2v) is 28.5. The summed E-state index contributed by atoms with van der Waals surface area (Å²) >= 11 is 3.61. The first-order valence-corrected chi connectivity index (χ1v) is 33.3. The van der Waals surface area contributed by atoms with Crippen molar-refractivity contribution < 1.29 is 28.7 Å². The highest BCUT2D eigenvalue weighted by Crippen LogP contribution is 2.38. The first-order chi connectivity index (χ1) is 42.7. The minimum Gasteiger partial charge on any atom is -0.444 e. The number of benzene rings is 2. The van der Waals surface area contributed by atoms with Crippen LogP contribution in [-0.4, -0.2) is 152 Å². The number of H-pyrrole nitrogens is 2. The van der Waals surface area contributed by atoms with Crippen LogP contribution in [0.1, 0.15) is 180 Å². The molecule has 6 heterocycles. The zero-order valence-electron chi connectivity index (χ0n) is 57.6. The molecule has 19 nitrogen and oxygen atoms in total. The molecule has 3 saturated heterocycles. The summed E-state index contributed by atoms with van der Waals surface area (Å²) < 4.78 is 12.3. The quantitative estimate of drug-likeness (QED) is 0.0770. The van der Waals surface area contributed by atoms with Gasteiger partial charge in [-0.2, -0.15) is 0 Å². The number of hydrogen-bond acceptors (Lipinski definition) is 13. The first kappa shape index (κ1) is 71.4. The SMILES string of the molecule is CCN(c1cc(-c2ccc(CN3CCN(C)CC3)nc2)cc(C(=O)NCc2c(C)cc(C)[nH]c2=O)c1C)C1C[C@@H](C)N(C(=O)OC(C)(C)C)[C@H](C)C1.CCN(c1cc(Br)cc(C(=O)NCc2c(C)cc(C)[nH]c2=O)c1C)C1C[C@@H](C)N(C(=O)OC(C)(C)C)[C@H](C)C1. The fraction of sp³-hybridized carbons (Fsp3) is 0.563. The van der Waals surface area contributed by atoms with E-state index >= 15 is 0 Å². The van der Waals surface area contributed by atoms with Gasteiger partial charge in [0, 0.05) is 156 Å². The van der Waals surface area contributed by atoms with Gasteiger partial charge in [0.05, 0.1) is 5.69 Å². The Morgan fingerprint density at radius 2 is 1.02 bits per heavy atom. The van der Waals surface area contributed by atoms with Crippen molar-refractivity contribution in [1.82, 2.24) is 45.2 Å². The van der Waals surface area contributed by atoms with E-state index in [-0.39, 0.29) is 84.5 Å². The van der Waals surface area contributed by atoms with E-state index in [9.17, 15) is 28.8 Å². The van der Waals surface area contributed by atoms with Gasteiger partial charge in [0.25, 0.3) is 22.9 Å². The Labute approximate surface area is 548 Å². The number of nitrogens with one attached hydrogen (secondary N) is 4. The van der Waals surface area contributed by atoms with Crippen LogP contribution < -0.4 is 31.6 Å². The number of anilines is 2. The zero-order chi connectivity index (χ0) is 67.1. The Bertz CT molecular complexity index is 3500. The maximum absolute atomic E-state index is 14.1. The van der Waals surface area contributed by atoms with Crippen molar-refractivity contribution in [3.63, 3.8) is 0 Å². The van der Waals surface area contributed by atoms with Crippen LogP contribution in [0.25, 0.3) is 11.1 Å². The molecule has 4 atom stereocenters. The van der Waals surface area contributed by atoms with E-state index in [0.717, 1.165) is 138 Å². The molecule has 2 aromatic carbocycles. The van der Waals surface area contributed by atoms with Crippen molar-refractivity contribution in [3.05, 3.63) is 141 Å². The van der Waals surface area contributed by atoms with Crippen molar-refractivity contribution in [3.8, 4) is 11.1 Å². The minimum atomic E-state index is -0.569. The van der Waals surface area contributed by atoms with Gasteiger partial charge >= 0.3 is 12.2 Å². The van der Waals surface area contributed by atoms with Crippen LogP contribution in [-0.2, 0) is 29.1 Å². The van der Waals surface area contributed by atoms with Gasteiger partial charge in [0.15, 0.2) is 0 Å². The number of hydrogen-bond donors (Lipinski definition) is 4. The van der Waals surface area contributed by atoms with Gasteiger partial charge in [0.2, 0.25) is 0 Å². The highest BCUT2D eigenvalue weighted by Gasteiger charge is 2.41. The van der Waals surface area contributed by atoms with E-state index in [1.54, 1.807) is 0 Å². The number of carbonyl (C=O) groups excluding carboxylic acids is 4. The first-order valence-electron chi connectivity index (χ1n) is 32.5. The van der Waals surface area contributed by atoms with Crippen LogP contribution in [0.2, 0.25) is 0 Å². The fourth-order valence-electron chi connectivity index (χ4n) is 13.5. The lowest BCUT2D eigenvalue weighted by Gasteiger charge is -2.47. The highest BCUT2D eigenvalue weighted by molar-refractivity contribution is 9.10. The number of rotatable bonds is 15.